The van der Waals surface area contributed by atoms with Gasteiger partial charge in [-0.3, -0.25) is 0 Å². The van der Waals surface area contributed by atoms with Crippen molar-refractivity contribution in [2.75, 3.05) is 11.5 Å². The molecule has 2 atom stereocenters. The van der Waals surface area contributed by atoms with E-state index in [9.17, 15) is 301 Å². The number of aliphatic carboxylic acids is 2. The Balaban J connectivity index is 10.7. The van der Waals surface area contributed by atoms with Crippen LogP contribution in [0, 0.1) is 0 Å². The minimum Gasteiger partial charge on any atom is -0.478 e. The molecular weight excluding hydrogens is 2390 g/mol. The molecule has 2 N–H and O–H groups in total. The fraction of sp³-hybridized carbons (Fsp3) is 0.920. The predicted octanol–water partition coefficient (Wildman–Crippen LogP) is 29.9. The largest absolute Gasteiger partial charge is 0.478 e. The molecule has 0 rings (SSSR count). The third-order valence-electron chi connectivity index (χ3n) is 17.2. The molecule has 4 nitrogen and oxygen atoms in total. The topological polar surface area (TPSA) is 74.6 Å². The molecule has 0 heterocycles. The van der Waals surface area contributed by atoms with Crippen LogP contribution in [0.5, 0.6) is 0 Å². The van der Waals surface area contributed by atoms with Crippen molar-refractivity contribution >= 4 is 59.0 Å². The number of carboxylic acid groups (broad SMARTS) is 2. The lowest BCUT2D eigenvalue weighted by Crippen LogP contribution is -2.76. The Morgan fingerprint density at radius 1 is 0.148 bits per heavy atom. The molecule has 0 aromatic rings. The second-order valence-corrected chi connectivity index (χ2v) is 31.6. The first-order chi connectivity index (χ1) is 60.0. The zero-order valence-corrected chi connectivity index (χ0v) is 64.3. The molecule has 2 unspecified atom stereocenters. The first kappa shape index (κ1) is 136. The Bertz CT molecular complexity index is 4200. The fourth-order valence-corrected chi connectivity index (χ4v) is 13.2. The minimum absolute atomic E-state index is 4.33. The molecule has 92 heteroatoms. The van der Waals surface area contributed by atoms with Crippen LogP contribution in [0.2, 0.25) is 0 Å². The summed E-state index contributed by atoms with van der Waals surface area (Å²) >= 11 is -17.7. The van der Waals surface area contributed by atoms with Crippen LogP contribution in [0.1, 0.15) is 12.8 Å². The second kappa shape index (κ2) is 36.0. The molecule has 0 amide bonds. The van der Waals surface area contributed by atoms with Gasteiger partial charge in [0.05, 0.1) is 0 Å². The van der Waals surface area contributed by atoms with E-state index in [4.69, 9.17) is 0 Å². The van der Waals surface area contributed by atoms with Crippen LogP contribution in [0.4, 0.5) is 369 Å². The number of hydrogen-bond acceptors (Lipinski definition) is 6. The number of carbonyl (C=O) groups is 2. The van der Waals surface area contributed by atoms with Crippen LogP contribution in [-0.2, 0) is 9.59 Å². The van der Waals surface area contributed by atoms with E-state index in [0.29, 0.717) is 0 Å². The molecule has 0 aromatic heterocycles. The van der Waals surface area contributed by atoms with E-state index in [1.54, 1.807) is 0 Å². The zero-order chi connectivity index (χ0) is 117. The molecule has 0 saturated heterocycles. The van der Waals surface area contributed by atoms with Crippen molar-refractivity contribution < 1.29 is 389 Å². The minimum atomic E-state index is -10.7. The highest BCUT2D eigenvalue weighted by Gasteiger charge is 3.04. The summed E-state index contributed by atoms with van der Waals surface area (Å²) in [6.07, 6.45) is -45.3. The van der Waals surface area contributed by atoms with Gasteiger partial charge in [0.2, 0.25) is 0 Å². The molecule has 142 heavy (non-hydrogen) atoms. The van der Waals surface area contributed by atoms with Gasteiger partial charge >= 0.3 is 247 Å². The van der Waals surface area contributed by atoms with Crippen LogP contribution < -0.4 is 0 Å². The Kier molecular flexibility index (Phi) is 34.5. The second-order valence-electron chi connectivity index (χ2n) is 26.5. The number of rotatable bonds is 48. The maximum Gasteiger partial charge on any atom is 0.460 e. The standard InChI is InChI=1S/C50H12F84O4S4/c51-11(52,19(67,68)27(83,84)35(99,100)43(115,116)117)15(59,60)23(75,76)31(91,92)39(107,108)47(127,128)139-3-5(141-49(131,132)41(111,112)33(95,96)25(79,80)17(63,64)13(55,56)21(71,72)29(87,88)37(103,104)45(121,122)123)1-7(9(135)136)8(10(137)138)2-6(142-50(133,134)42(113,114)34(97,98)26(81,82)18(65,66)14(57,58)22(73,74)30(89,90)38(105,106)46(124,125)126)4-140-48(129,130)40(109,110)32(93,94)24(77,78)16(61,62)12(53,54)20(69,70)28(85,86)36(101,102)44(118,119)120/h5-6H,1-4H2,(H,135,136)(H,137,138). The lowest BCUT2D eigenvalue weighted by Gasteiger charge is -2.45. The lowest BCUT2D eigenvalue weighted by molar-refractivity contribution is -0.472. The summed E-state index contributed by atoms with van der Waals surface area (Å²) in [7, 11) is 0. The molecule has 0 bridgehead atoms. The Labute approximate surface area is 728 Å². The highest BCUT2D eigenvalue weighted by Crippen LogP contribution is 2.75. The Morgan fingerprint density at radius 2 is 0.239 bits per heavy atom. The number of alkyl halides is 84. The number of hydrogen-bond donors (Lipinski definition) is 2. The Hall–Kier alpha value is -5.80. The average Bonchev–Trinajstić information content (AvgIpc) is 0.693. The normalized spacial score (nSPS) is 17.5. The first-order valence-electron chi connectivity index (χ1n) is 30.7. The molecule has 0 fully saturated rings. The zero-order valence-electron chi connectivity index (χ0n) is 61.1. The monoisotopic (exact) mass is 2400 g/mol. The summed E-state index contributed by atoms with van der Waals surface area (Å²) in [5, 5.41) is -30.6. The molecule has 0 aliphatic heterocycles. The maximum atomic E-state index is 15.8. The van der Waals surface area contributed by atoms with Crippen molar-refractivity contribution in [2.24, 2.45) is 0 Å². The quantitative estimate of drug-likeness (QED) is 0.0461. The SMILES string of the molecule is O=C(O)C(CC(CSC(F)(F)C(F)(F)C(F)(F)C(F)(F)C(F)(F)C(F)(F)C(F)(F)C(F)(F)C(F)(F)C(F)(F)F)SC(F)(F)C(F)(F)C(F)(F)C(F)(F)C(F)(F)C(F)(F)C(F)(F)C(F)(F)C(F)(F)C(F)(F)F)=C(CC(CSC(F)(F)C(F)(F)C(F)(F)C(F)(F)C(F)(F)C(F)(F)C(F)(F)C(F)(F)C(F)(F)C(F)(F)F)SC(F)(F)C(F)(F)C(F)(F)C(F)(F)C(F)(F)C(F)(F)C(F)(F)C(F)(F)C(F)(F)C(F)(F)F)C(=O)O. The number of thioether (sulfide) groups is 4. The summed E-state index contributed by atoms with van der Waals surface area (Å²) in [6, 6.07) is 0. The maximum absolute atomic E-state index is 15.8. The molecule has 0 aliphatic carbocycles. The highest BCUT2D eigenvalue weighted by atomic mass is 32.2. The van der Waals surface area contributed by atoms with Gasteiger partial charge in [-0.1, -0.05) is 47.0 Å². The third-order valence-corrected chi connectivity index (χ3v) is 22.4. The van der Waals surface area contributed by atoms with Gasteiger partial charge < -0.3 is 10.2 Å². The van der Waals surface area contributed by atoms with Crippen LogP contribution in [0.15, 0.2) is 11.1 Å². The van der Waals surface area contributed by atoms with E-state index < -0.39 is 340 Å². The summed E-state index contributed by atoms with van der Waals surface area (Å²) < 4.78 is 1200. The number of carboxylic acids is 2. The van der Waals surface area contributed by atoms with Crippen LogP contribution in [0.3, 0.4) is 0 Å². The third kappa shape index (κ3) is 18.4. The molecule has 0 aromatic carbocycles. The smallest absolute Gasteiger partial charge is 0.460 e. The van der Waals surface area contributed by atoms with Gasteiger partial charge in [-0.05, 0) is 12.8 Å². The van der Waals surface area contributed by atoms with E-state index in [2.05, 4.69) is 0 Å². The van der Waals surface area contributed by atoms with Crippen molar-refractivity contribution in [3.8, 4) is 0 Å². The summed E-state index contributed by atoms with van der Waals surface area (Å²) in [5.74, 6) is -348. The molecule has 848 valence electrons. The summed E-state index contributed by atoms with van der Waals surface area (Å²) in [5.41, 5.74) is -9.20. The van der Waals surface area contributed by atoms with Gasteiger partial charge in [0, 0.05) is 33.2 Å². The van der Waals surface area contributed by atoms with Gasteiger partial charge in [0.1, 0.15) is 0 Å². The van der Waals surface area contributed by atoms with Crippen LogP contribution >= 0.6 is 47.0 Å². The van der Waals surface area contributed by atoms with E-state index in [-0.39, 0.29) is 0 Å². The van der Waals surface area contributed by atoms with Gasteiger partial charge in [-0.25, -0.2) is 9.59 Å². The van der Waals surface area contributed by atoms with Crippen molar-refractivity contribution in [3.05, 3.63) is 11.1 Å². The van der Waals surface area contributed by atoms with Crippen molar-refractivity contribution in [1.82, 2.24) is 0 Å². The highest BCUT2D eigenvalue weighted by molar-refractivity contribution is 8.05. The van der Waals surface area contributed by atoms with E-state index in [0.717, 1.165) is 0 Å². The van der Waals surface area contributed by atoms with Gasteiger partial charge in [0.25, 0.3) is 0 Å². The van der Waals surface area contributed by atoms with Gasteiger partial charge in [-0.2, -0.15) is 369 Å². The summed E-state index contributed by atoms with van der Waals surface area (Å²) in [6.45, 7) is 0. The van der Waals surface area contributed by atoms with Crippen molar-refractivity contribution in [1.29, 1.82) is 0 Å². The van der Waals surface area contributed by atoms with Gasteiger partial charge in [-0.15, -0.1) is 0 Å². The van der Waals surface area contributed by atoms with E-state index >= 15 is 87.8 Å². The predicted molar refractivity (Wildman–Crippen MR) is 282 cm³/mol. The first-order valence-corrected chi connectivity index (χ1v) is 34.4. The number of halogens is 84. The molecular formula is C50H12F84O4S4. The van der Waals surface area contributed by atoms with E-state index in [1.807, 2.05) is 0 Å². The van der Waals surface area contributed by atoms with E-state index in [1.165, 1.54) is 0 Å². The molecule has 0 radical (unpaired) electrons. The van der Waals surface area contributed by atoms with Crippen LogP contribution in [-0.4, -0.2) is 279 Å². The van der Waals surface area contributed by atoms with Gasteiger partial charge in [0.15, 0.2) is 0 Å². The fourth-order valence-electron chi connectivity index (χ4n) is 8.72. The van der Waals surface area contributed by atoms with Crippen molar-refractivity contribution in [3.63, 3.8) is 0 Å². The van der Waals surface area contributed by atoms with Crippen molar-refractivity contribution in [2.45, 2.75) is 259 Å². The molecule has 0 aliphatic rings. The molecule has 0 spiro atoms. The van der Waals surface area contributed by atoms with Crippen LogP contribution in [0.25, 0.3) is 0 Å². The average molecular weight is 2400 g/mol. The Morgan fingerprint density at radius 3 is 0.338 bits per heavy atom. The summed E-state index contributed by atoms with van der Waals surface area (Å²) in [4.78, 5) is 25.0. The lowest BCUT2D eigenvalue weighted by atomic mass is 9.87. The molecule has 0 saturated carbocycles.